The summed E-state index contributed by atoms with van der Waals surface area (Å²) in [6, 6.07) is 0. The zero-order valence-electron chi connectivity index (χ0n) is 7.58. The van der Waals surface area contributed by atoms with Crippen molar-refractivity contribution in [3.8, 4) is 0 Å². The van der Waals surface area contributed by atoms with Crippen LogP contribution in [0.3, 0.4) is 0 Å². The fraction of sp³-hybridized carbons (Fsp3) is 0.500. The molecule has 1 aromatic rings. The van der Waals surface area contributed by atoms with Gasteiger partial charge < -0.3 is 14.1 Å². The Morgan fingerprint density at radius 2 is 1.77 bits per heavy atom. The van der Waals surface area contributed by atoms with Crippen LogP contribution in [0.1, 0.15) is 5.69 Å². The van der Waals surface area contributed by atoms with E-state index in [9.17, 15) is 9.36 Å². The van der Waals surface area contributed by atoms with Crippen molar-refractivity contribution in [1.29, 1.82) is 0 Å². The van der Waals surface area contributed by atoms with Crippen LogP contribution in [0.5, 0.6) is 0 Å². The molecule has 0 unspecified atom stereocenters. The molecule has 0 fully saturated rings. The van der Waals surface area contributed by atoms with Crippen LogP contribution < -0.4 is 10.9 Å². The molecule has 0 saturated heterocycles. The molecule has 13 heavy (non-hydrogen) atoms. The summed E-state index contributed by atoms with van der Waals surface area (Å²) in [5.74, 6) is 0. The van der Waals surface area contributed by atoms with Gasteiger partial charge >= 0.3 is 7.60 Å². The second kappa shape index (κ2) is 3.49. The summed E-state index contributed by atoms with van der Waals surface area (Å²) >= 11 is 0. The summed E-state index contributed by atoms with van der Waals surface area (Å²) in [5, 5.41) is 4.87. The first-order chi connectivity index (χ1) is 6.05. The van der Waals surface area contributed by atoms with Crippen molar-refractivity contribution >= 4 is 12.9 Å². The van der Waals surface area contributed by atoms with Crippen LogP contribution in [0.15, 0.2) is 4.79 Å². The number of rotatable bonds is 3. The first kappa shape index (κ1) is 10.2. The molecule has 0 spiro atoms. The van der Waals surface area contributed by atoms with Crippen LogP contribution in [0, 0.1) is 6.92 Å². The fourth-order valence-corrected chi connectivity index (χ4v) is 2.31. The summed E-state index contributed by atoms with van der Waals surface area (Å²) in [5.41, 5.74) is -0.0263. The van der Waals surface area contributed by atoms with Gasteiger partial charge in [-0.05, 0) is 6.92 Å². The van der Waals surface area contributed by atoms with Gasteiger partial charge in [-0.3, -0.25) is 14.5 Å². The van der Waals surface area contributed by atoms with Gasteiger partial charge in [-0.25, -0.2) is 0 Å². The second-order valence-electron chi connectivity index (χ2n) is 2.42. The van der Waals surface area contributed by atoms with Gasteiger partial charge in [0.1, 0.15) is 0 Å². The third-order valence-corrected chi connectivity index (χ3v) is 3.74. The third kappa shape index (κ3) is 1.60. The highest BCUT2D eigenvalue weighted by Crippen LogP contribution is 2.44. The highest BCUT2D eigenvalue weighted by atomic mass is 31.2. The maximum absolute atomic E-state index is 11.8. The number of H-pyrrole nitrogens is 2. The summed E-state index contributed by atoms with van der Waals surface area (Å²) in [4.78, 5) is 11.2. The molecule has 1 heterocycles. The van der Waals surface area contributed by atoms with Gasteiger partial charge in [0.2, 0.25) is 0 Å². The van der Waals surface area contributed by atoms with Gasteiger partial charge in [0.25, 0.3) is 5.56 Å². The molecule has 74 valence electrons. The molecule has 0 aliphatic rings. The number of hydrogen-bond acceptors (Lipinski definition) is 4. The molecule has 1 rings (SSSR count). The molecule has 0 amide bonds. The largest absolute Gasteiger partial charge is 0.368 e. The van der Waals surface area contributed by atoms with Crippen LogP contribution in [-0.4, -0.2) is 24.4 Å². The molecule has 0 bridgehead atoms. The summed E-state index contributed by atoms with van der Waals surface area (Å²) in [6.45, 7) is 1.61. The number of aromatic amines is 2. The van der Waals surface area contributed by atoms with Gasteiger partial charge in [-0.15, -0.1) is 0 Å². The Labute approximate surface area is 74.8 Å². The molecular weight excluding hydrogens is 195 g/mol. The van der Waals surface area contributed by atoms with Crippen LogP contribution >= 0.6 is 7.60 Å². The van der Waals surface area contributed by atoms with Crippen molar-refractivity contribution in [2.45, 2.75) is 6.92 Å². The van der Waals surface area contributed by atoms with Gasteiger partial charge in [0, 0.05) is 19.9 Å². The van der Waals surface area contributed by atoms with Crippen molar-refractivity contribution in [3.05, 3.63) is 16.0 Å². The van der Waals surface area contributed by atoms with E-state index in [0.29, 0.717) is 5.69 Å². The molecule has 1 aromatic heterocycles. The monoisotopic (exact) mass is 206 g/mol. The van der Waals surface area contributed by atoms with Gasteiger partial charge in [0.15, 0.2) is 5.30 Å². The highest BCUT2D eigenvalue weighted by molar-refractivity contribution is 7.62. The fourth-order valence-electron chi connectivity index (χ4n) is 1.03. The van der Waals surface area contributed by atoms with Crippen LogP contribution in [-0.2, 0) is 13.6 Å². The zero-order valence-corrected chi connectivity index (χ0v) is 8.47. The minimum atomic E-state index is -3.44. The standard InChI is InChI=1S/C6H11N2O4P/c1-4-5(6(9)8-7-4)13(10,11-2)12-3/h1-3H3,(H2,7,8,9). The predicted octanol–water partition coefficient (Wildman–Crippen LogP) is 0.123. The Morgan fingerprint density at radius 1 is 1.23 bits per heavy atom. The number of hydrogen-bond donors (Lipinski definition) is 2. The van der Waals surface area contributed by atoms with E-state index in [1.54, 1.807) is 6.92 Å². The van der Waals surface area contributed by atoms with Crippen molar-refractivity contribution in [2.75, 3.05) is 14.2 Å². The number of aryl methyl sites for hydroxylation is 1. The molecule has 0 radical (unpaired) electrons. The topological polar surface area (TPSA) is 84.2 Å². The summed E-state index contributed by atoms with van der Waals surface area (Å²) in [6.07, 6.45) is 0. The molecular formula is C6H11N2O4P. The molecule has 7 heteroatoms. The first-order valence-electron chi connectivity index (χ1n) is 3.54. The van der Waals surface area contributed by atoms with Crippen molar-refractivity contribution < 1.29 is 13.6 Å². The molecule has 0 aromatic carbocycles. The van der Waals surface area contributed by atoms with E-state index in [1.165, 1.54) is 14.2 Å². The quantitative estimate of drug-likeness (QED) is 0.688. The maximum Gasteiger partial charge on any atom is 0.368 e. The average Bonchev–Trinajstić information content (AvgIpc) is 2.46. The molecule has 0 atom stereocenters. The van der Waals surface area contributed by atoms with E-state index in [1.807, 2.05) is 0 Å². The average molecular weight is 206 g/mol. The Kier molecular flexibility index (Phi) is 2.75. The van der Waals surface area contributed by atoms with Crippen LogP contribution in [0.4, 0.5) is 0 Å². The van der Waals surface area contributed by atoms with E-state index in [-0.39, 0.29) is 5.30 Å². The predicted molar refractivity (Wildman–Crippen MR) is 47.4 cm³/mol. The lowest BCUT2D eigenvalue weighted by Gasteiger charge is -2.10. The Balaban J connectivity index is 3.35. The lowest BCUT2D eigenvalue weighted by molar-refractivity contribution is 0.287. The van der Waals surface area contributed by atoms with Crippen molar-refractivity contribution in [3.63, 3.8) is 0 Å². The third-order valence-electron chi connectivity index (χ3n) is 1.69. The number of nitrogens with one attached hydrogen (secondary N) is 2. The summed E-state index contributed by atoms with van der Waals surface area (Å²) < 4.78 is 21.1. The SMILES string of the molecule is COP(=O)(OC)c1c(C)[nH][nH]c1=O. The van der Waals surface area contributed by atoms with Crippen molar-refractivity contribution in [1.82, 2.24) is 10.2 Å². The maximum atomic E-state index is 11.8. The molecule has 0 aliphatic heterocycles. The minimum Gasteiger partial charge on any atom is -0.308 e. The zero-order chi connectivity index (χ0) is 10.1. The first-order valence-corrected chi connectivity index (χ1v) is 5.08. The Bertz CT molecular complexity index is 386. The minimum absolute atomic E-state index is 0.0255. The smallest absolute Gasteiger partial charge is 0.308 e. The summed E-state index contributed by atoms with van der Waals surface area (Å²) in [7, 11) is -0.971. The number of aromatic nitrogens is 2. The van der Waals surface area contributed by atoms with Gasteiger partial charge in [0.05, 0.1) is 0 Å². The van der Waals surface area contributed by atoms with Crippen LogP contribution in [0.25, 0.3) is 0 Å². The lowest BCUT2D eigenvalue weighted by atomic mass is 10.5. The van der Waals surface area contributed by atoms with E-state index in [4.69, 9.17) is 0 Å². The van der Waals surface area contributed by atoms with E-state index >= 15 is 0 Å². The molecule has 0 saturated carbocycles. The van der Waals surface area contributed by atoms with E-state index < -0.39 is 13.2 Å². The van der Waals surface area contributed by atoms with Crippen LogP contribution in [0.2, 0.25) is 0 Å². The van der Waals surface area contributed by atoms with Gasteiger partial charge in [-0.2, -0.15) is 0 Å². The molecule has 6 nitrogen and oxygen atoms in total. The van der Waals surface area contributed by atoms with Crippen molar-refractivity contribution in [2.24, 2.45) is 0 Å². The molecule has 2 N–H and O–H groups in total. The Morgan fingerprint density at radius 3 is 2.08 bits per heavy atom. The van der Waals surface area contributed by atoms with E-state index in [2.05, 4.69) is 19.2 Å². The van der Waals surface area contributed by atoms with E-state index in [0.717, 1.165) is 0 Å². The van der Waals surface area contributed by atoms with Gasteiger partial charge in [-0.1, -0.05) is 0 Å². The second-order valence-corrected chi connectivity index (χ2v) is 4.59. The molecule has 0 aliphatic carbocycles. The Hall–Kier alpha value is -0.840. The normalized spacial score (nSPS) is 11.9. The highest BCUT2D eigenvalue weighted by Gasteiger charge is 2.31. The lowest BCUT2D eigenvalue weighted by Crippen LogP contribution is -2.24.